The third-order valence-corrected chi connectivity index (χ3v) is 2.20. The molecule has 0 bridgehead atoms. The number of anilines is 1. The maximum Gasteiger partial charge on any atom is 0.148 e. The van der Waals surface area contributed by atoms with Crippen LogP contribution in [-0.2, 0) is 0 Å². The summed E-state index contributed by atoms with van der Waals surface area (Å²) in [6.07, 6.45) is 0. The lowest BCUT2D eigenvalue weighted by molar-refractivity contribution is 0.932. The minimum atomic E-state index is -0.220. The van der Waals surface area contributed by atoms with Crippen LogP contribution in [0.5, 0.6) is 0 Å². The zero-order chi connectivity index (χ0) is 10.1. The number of benzene rings is 1. The smallest absolute Gasteiger partial charge is 0.148 e. The fourth-order valence-electron chi connectivity index (χ4n) is 1.30. The van der Waals surface area contributed by atoms with Gasteiger partial charge in [-0.1, -0.05) is 12.1 Å². The fraction of sp³-hybridized carbons (Fsp3) is 0.200. The lowest BCUT2D eigenvalue weighted by Crippen LogP contribution is -2.01. The molecule has 1 aromatic carbocycles. The SMILES string of the molecule is CC(Cl)c1nc(N)c2ccccc2n1. The molecule has 0 saturated carbocycles. The average molecular weight is 208 g/mol. The van der Waals surface area contributed by atoms with E-state index in [1.165, 1.54) is 0 Å². The van der Waals surface area contributed by atoms with Gasteiger partial charge in [0.15, 0.2) is 0 Å². The van der Waals surface area contributed by atoms with Gasteiger partial charge in [0.1, 0.15) is 11.6 Å². The second-order valence-corrected chi connectivity index (χ2v) is 3.75. The van der Waals surface area contributed by atoms with E-state index in [9.17, 15) is 0 Å². The molecule has 0 amide bonds. The summed E-state index contributed by atoms with van der Waals surface area (Å²) in [6.45, 7) is 1.82. The molecule has 0 aliphatic carbocycles. The molecule has 2 N–H and O–H groups in total. The Labute approximate surface area is 86.9 Å². The Hall–Kier alpha value is -1.35. The molecule has 1 heterocycles. The highest BCUT2D eigenvalue weighted by molar-refractivity contribution is 6.20. The number of rotatable bonds is 1. The van der Waals surface area contributed by atoms with E-state index in [1.54, 1.807) is 0 Å². The van der Waals surface area contributed by atoms with Gasteiger partial charge in [0.25, 0.3) is 0 Å². The molecule has 0 spiro atoms. The van der Waals surface area contributed by atoms with E-state index in [4.69, 9.17) is 17.3 Å². The van der Waals surface area contributed by atoms with Crippen LogP contribution in [0.4, 0.5) is 5.82 Å². The first kappa shape index (κ1) is 9.21. The van der Waals surface area contributed by atoms with Gasteiger partial charge in [0.2, 0.25) is 0 Å². The number of nitrogens with two attached hydrogens (primary N) is 1. The number of hydrogen-bond acceptors (Lipinski definition) is 3. The molecule has 2 rings (SSSR count). The monoisotopic (exact) mass is 207 g/mol. The van der Waals surface area contributed by atoms with Gasteiger partial charge in [-0.05, 0) is 19.1 Å². The second kappa shape index (κ2) is 3.42. The van der Waals surface area contributed by atoms with E-state index in [1.807, 2.05) is 31.2 Å². The van der Waals surface area contributed by atoms with Crippen LogP contribution in [0.3, 0.4) is 0 Å². The maximum absolute atomic E-state index is 5.89. The summed E-state index contributed by atoms with van der Waals surface area (Å²) in [5, 5.41) is 0.649. The summed E-state index contributed by atoms with van der Waals surface area (Å²) in [6, 6.07) is 7.62. The molecule has 2 aromatic rings. The van der Waals surface area contributed by atoms with Gasteiger partial charge in [-0.2, -0.15) is 0 Å². The van der Waals surface area contributed by atoms with Gasteiger partial charge in [-0.3, -0.25) is 0 Å². The van der Waals surface area contributed by atoms with E-state index in [0.717, 1.165) is 10.9 Å². The Bertz CT molecular complexity index is 468. The number of hydrogen-bond donors (Lipinski definition) is 1. The van der Waals surface area contributed by atoms with Crippen LogP contribution in [0.2, 0.25) is 0 Å². The van der Waals surface area contributed by atoms with Crippen molar-refractivity contribution in [3.63, 3.8) is 0 Å². The van der Waals surface area contributed by atoms with Crippen molar-refractivity contribution in [2.45, 2.75) is 12.3 Å². The molecule has 0 aliphatic rings. The summed E-state index contributed by atoms with van der Waals surface area (Å²) >= 11 is 5.89. The molecular weight excluding hydrogens is 198 g/mol. The maximum atomic E-state index is 5.89. The van der Waals surface area contributed by atoms with Crippen LogP contribution in [-0.4, -0.2) is 9.97 Å². The molecule has 0 saturated heterocycles. The fourth-order valence-corrected chi connectivity index (χ4v) is 1.40. The van der Waals surface area contributed by atoms with Crippen LogP contribution in [0.15, 0.2) is 24.3 Å². The Balaban J connectivity index is 2.72. The number of para-hydroxylation sites is 1. The minimum Gasteiger partial charge on any atom is -0.383 e. The van der Waals surface area contributed by atoms with Crippen LogP contribution >= 0.6 is 11.6 Å². The van der Waals surface area contributed by atoms with E-state index in [0.29, 0.717) is 11.6 Å². The Morgan fingerprint density at radius 1 is 1.29 bits per heavy atom. The number of halogens is 1. The topological polar surface area (TPSA) is 51.8 Å². The number of nitrogen functional groups attached to an aromatic ring is 1. The number of nitrogens with zero attached hydrogens (tertiary/aromatic N) is 2. The third-order valence-electron chi connectivity index (χ3n) is 2.01. The largest absolute Gasteiger partial charge is 0.383 e. The minimum absolute atomic E-state index is 0.220. The molecule has 1 atom stereocenters. The van der Waals surface area contributed by atoms with Gasteiger partial charge >= 0.3 is 0 Å². The zero-order valence-electron chi connectivity index (χ0n) is 7.74. The Kier molecular flexibility index (Phi) is 2.25. The van der Waals surface area contributed by atoms with Crippen molar-refractivity contribution in [3.05, 3.63) is 30.1 Å². The standard InChI is InChI=1S/C10H10ClN3/c1-6(11)10-13-8-5-3-2-4-7(8)9(12)14-10/h2-6H,1H3,(H2,12,13,14). The highest BCUT2D eigenvalue weighted by atomic mass is 35.5. The quantitative estimate of drug-likeness (QED) is 0.731. The molecule has 72 valence electrons. The summed E-state index contributed by atoms with van der Waals surface area (Å²) < 4.78 is 0. The molecule has 3 nitrogen and oxygen atoms in total. The zero-order valence-corrected chi connectivity index (χ0v) is 8.49. The van der Waals surface area contributed by atoms with Crippen molar-refractivity contribution in [2.75, 3.05) is 5.73 Å². The van der Waals surface area contributed by atoms with Crippen LogP contribution in [0, 0.1) is 0 Å². The molecule has 1 aromatic heterocycles. The van der Waals surface area contributed by atoms with Gasteiger partial charge in [0, 0.05) is 5.39 Å². The average Bonchev–Trinajstić information content (AvgIpc) is 2.17. The third kappa shape index (κ3) is 1.51. The van der Waals surface area contributed by atoms with Crippen molar-refractivity contribution in [3.8, 4) is 0 Å². The Morgan fingerprint density at radius 2 is 2.00 bits per heavy atom. The first-order valence-electron chi connectivity index (χ1n) is 4.34. The van der Waals surface area contributed by atoms with E-state index >= 15 is 0 Å². The molecule has 0 aliphatic heterocycles. The van der Waals surface area contributed by atoms with Crippen molar-refractivity contribution >= 4 is 28.3 Å². The number of fused-ring (bicyclic) bond motifs is 1. The van der Waals surface area contributed by atoms with Crippen LogP contribution in [0.25, 0.3) is 10.9 Å². The molecule has 4 heteroatoms. The summed E-state index contributed by atoms with van der Waals surface area (Å²) in [4.78, 5) is 8.45. The summed E-state index contributed by atoms with van der Waals surface area (Å²) in [5.41, 5.74) is 6.62. The lowest BCUT2D eigenvalue weighted by Gasteiger charge is -2.05. The lowest BCUT2D eigenvalue weighted by atomic mass is 10.2. The first-order valence-corrected chi connectivity index (χ1v) is 4.78. The molecule has 0 fully saturated rings. The molecule has 0 radical (unpaired) electrons. The highest BCUT2D eigenvalue weighted by Gasteiger charge is 2.08. The predicted molar refractivity (Wildman–Crippen MR) is 58.2 cm³/mol. The normalized spacial score (nSPS) is 13.0. The summed E-state index contributed by atoms with van der Waals surface area (Å²) in [7, 11) is 0. The van der Waals surface area contributed by atoms with Gasteiger partial charge in [-0.15, -0.1) is 11.6 Å². The van der Waals surface area contributed by atoms with E-state index < -0.39 is 0 Å². The van der Waals surface area contributed by atoms with E-state index in [-0.39, 0.29) is 5.38 Å². The van der Waals surface area contributed by atoms with Crippen molar-refractivity contribution in [1.82, 2.24) is 9.97 Å². The first-order chi connectivity index (χ1) is 6.68. The predicted octanol–water partition coefficient (Wildman–Crippen LogP) is 2.51. The van der Waals surface area contributed by atoms with Gasteiger partial charge in [0.05, 0.1) is 10.9 Å². The van der Waals surface area contributed by atoms with Crippen molar-refractivity contribution < 1.29 is 0 Å². The van der Waals surface area contributed by atoms with E-state index in [2.05, 4.69) is 9.97 Å². The Morgan fingerprint density at radius 3 is 2.71 bits per heavy atom. The number of aromatic nitrogens is 2. The summed E-state index contributed by atoms with van der Waals surface area (Å²) in [5.74, 6) is 1.06. The molecular formula is C10H10ClN3. The van der Waals surface area contributed by atoms with Gasteiger partial charge < -0.3 is 5.73 Å². The second-order valence-electron chi connectivity index (χ2n) is 3.10. The molecule has 1 unspecified atom stereocenters. The van der Waals surface area contributed by atoms with Crippen molar-refractivity contribution in [1.29, 1.82) is 0 Å². The highest BCUT2D eigenvalue weighted by Crippen LogP contribution is 2.22. The van der Waals surface area contributed by atoms with Crippen LogP contribution < -0.4 is 5.73 Å². The molecule has 14 heavy (non-hydrogen) atoms. The van der Waals surface area contributed by atoms with Gasteiger partial charge in [-0.25, -0.2) is 9.97 Å². The van der Waals surface area contributed by atoms with Crippen LogP contribution in [0.1, 0.15) is 18.1 Å². The van der Waals surface area contributed by atoms with Crippen molar-refractivity contribution in [2.24, 2.45) is 0 Å². The number of alkyl halides is 1.